The third kappa shape index (κ3) is 3.91. The van der Waals surface area contributed by atoms with Crippen molar-refractivity contribution in [3.63, 3.8) is 0 Å². The van der Waals surface area contributed by atoms with E-state index >= 15 is 0 Å². The maximum atomic E-state index is 13.4. The first-order valence-corrected chi connectivity index (χ1v) is 9.17. The molecule has 146 valence electrons. The van der Waals surface area contributed by atoms with E-state index in [0.29, 0.717) is 30.9 Å². The average Bonchev–Trinajstić information content (AvgIpc) is 3.29. The van der Waals surface area contributed by atoms with Crippen molar-refractivity contribution < 1.29 is 9.18 Å². The molecule has 2 N–H and O–H groups in total. The van der Waals surface area contributed by atoms with Crippen LogP contribution in [0.1, 0.15) is 34.0 Å². The summed E-state index contributed by atoms with van der Waals surface area (Å²) in [5.74, 6) is -0.0449. The molecule has 2 aromatic heterocycles. The van der Waals surface area contributed by atoms with Crippen LogP contribution in [0.5, 0.6) is 0 Å². The van der Waals surface area contributed by atoms with E-state index in [1.807, 2.05) is 6.07 Å². The number of carbonyl (C=O) groups excluding carboxylic acids is 1. The van der Waals surface area contributed by atoms with Crippen LogP contribution in [0, 0.1) is 17.1 Å². The Kier molecular flexibility index (Phi) is 5.16. The van der Waals surface area contributed by atoms with Crippen molar-refractivity contribution >= 4 is 11.7 Å². The van der Waals surface area contributed by atoms with Crippen molar-refractivity contribution in [1.82, 2.24) is 25.1 Å². The summed E-state index contributed by atoms with van der Waals surface area (Å²) in [4.78, 5) is 22.8. The Morgan fingerprint density at radius 2 is 2.07 bits per heavy atom. The predicted molar refractivity (Wildman–Crippen MR) is 102 cm³/mol. The summed E-state index contributed by atoms with van der Waals surface area (Å²) in [6.07, 6.45) is 6.69. The second-order valence-corrected chi connectivity index (χ2v) is 6.80. The van der Waals surface area contributed by atoms with Crippen LogP contribution in [-0.2, 0) is 0 Å². The molecule has 0 unspecified atom stereocenters. The number of hydrogen-bond donors (Lipinski definition) is 2. The van der Waals surface area contributed by atoms with Crippen molar-refractivity contribution in [1.29, 1.82) is 5.26 Å². The number of amides is 1. The molecule has 0 aliphatic carbocycles. The number of benzene rings is 1. The summed E-state index contributed by atoms with van der Waals surface area (Å²) in [5.41, 5.74) is 1.63. The molecule has 3 heterocycles. The fraction of sp³-hybridized carbons (Fsp3) is 0.250. The molecular weight excluding hydrogens is 373 g/mol. The van der Waals surface area contributed by atoms with Crippen LogP contribution in [0.3, 0.4) is 0 Å². The molecule has 0 saturated carbocycles. The van der Waals surface area contributed by atoms with Crippen molar-refractivity contribution in [2.45, 2.75) is 18.4 Å². The Morgan fingerprint density at radius 3 is 2.79 bits per heavy atom. The highest BCUT2D eigenvalue weighted by Crippen LogP contribution is 2.31. The van der Waals surface area contributed by atoms with E-state index in [1.54, 1.807) is 23.2 Å². The van der Waals surface area contributed by atoms with Gasteiger partial charge in [0.15, 0.2) is 11.5 Å². The van der Waals surface area contributed by atoms with Gasteiger partial charge in [0.05, 0.1) is 17.8 Å². The first-order chi connectivity index (χ1) is 14.2. The lowest BCUT2D eigenvalue weighted by Crippen LogP contribution is -2.49. The first kappa shape index (κ1) is 18.6. The van der Waals surface area contributed by atoms with E-state index in [0.717, 1.165) is 5.56 Å². The summed E-state index contributed by atoms with van der Waals surface area (Å²) >= 11 is 0. The highest BCUT2D eigenvalue weighted by atomic mass is 19.1. The van der Waals surface area contributed by atoms with Gasteiger partial charge in [-0.05, 0) is 24.1 Å². The third-order valence-corrected chi connectivity index (χ3v) is 5.07. The van der Waals surface area contributed by atoms with Crippen molar-refractivity contribution in [2.75, 3.05) is 18.4 Å². The predicted octanol–water partition coefficient (Wildman–Crippen LogP) is 2.32. The zero-order chi connectivity index (χ0) is 20.2. The SMILES string of the molecule is N#Cc1nccnc1N[C@@H]1CN(C(=O)c2cn[nH]c2)CC[C@H]1c1ccc(F)cc1. The molecule has 9 heteroatoms. The first-order valence-electron chi connectivity index (χ1n) is 9.17. The smallest absolute Gasteiger partial charge is 0.257 e. The van der Waals surface area contributed by atoms with Gasteiger partial charge in [0, 0.05) is 37.6 Å². The van der Waals surface area contributed by atoms with E-state index in [-0.39, 0.29) is 29.4 Å². The maximum absolute atomic E-state index is 13.4. The van der Waals surface area contributed by atoms with Gasteiger partial charge in [-0.3, -0.25) is 9.89 Å². The molecule has 8 nitrogen and oxygen atoms in total. The quantitative estimate of drug-likeness (QED) is 0.706. The van der Waals surface area contributed by atoms with Gasteiger partial charge in [-0.15, -0.1) is 0 Å². The van der Waals surface area contributed by atoms with Gasteiger partial charge in [0.2, 0.25) is 0 Å². The summed E-state index contributed by atoms with van der Waals surface area (Å²) in [6, 6.07) is 8.16. The van der Waals surface area contributed by atoms with Crippen molar-refractivity contribution in [3.05, 3.63) is 71.7 Å². The van der Waals surface area contributed by atoms with Gasteiger partial charge in [-0.2, -0.15) is 10.4 Å². The fourth-order valence-electron chi connectivity index (χ4n) is 3.64. The Balaban J connectivity index is 1.62. The van der Waals surface area contributed by atoms with Crippen molar-refractivity contribution in [2.24, 2.45) is 0 Å². The highest BCUT2D eigenvalue weighted by molar-refractivity contribution is 5.93. The molecule has 1 aliphatic heterocycles. The number of aromatic amines is 1. The molecular formula is C20H18FN7O. The number of H-pyrrole nitrogens is 1. The number of piperidine rings is 1. The van der Waals surface area contributed by atoms with Crippen LogP contribution in [0.15, 0.2) is 49.1 Å². The number of nitrogens with zero attached hydrogens (tertiary/aromatic N) is 5. The number of carbonyl (C=O) groups is 1. The molecule has 3 aromatic rings. The lowest BCUT2D eigenvalue weighted by molar-refractivity contribution is 0.0701. The third-order valence-electron chi connectivity index (χ3n) is 5.07. The molecule has 2 atom stereocenters. The molecule has 0 bridgehead atoms. The zero-order valence-electron chi connectivity index (χ0n) is 15.4. The molecule has 0 radical (unpaired) electrons. The van der Waals surface area contributed by atoms with Crippen LogP contribution >= 0.6 is 0 Å². The second-order valence-electron chi connectivity index (χ2n) is 6.80. The molecule has 1 aromatic carbocycles. The lowest BCUT2D eigenvalue weighted by Gasteiger charge is -2.39. The number of likely N-dealkylation sites (tertiary alicyclic amines) is 1. The summed E-state index contributed by atoms with van der Waals surface area (Å²) in [6.45, 7) is 0.948. The van der Waals surface area contributed by atoms with Gasteiger partial charge in [0.25, 0.3) is 5.91 Å². The van der Waals surface area contributed by atoms with Gasteiger partial charge in [0.1, 0.15) is 11.9 Å². The normalized spacial score (nSPS) is 18.8. The van der Waals surface area contributed by atoms with E-state index in [1.165, 1.54) is 30.7 Å². The minimum absolute atomic E-state index is 0.0116. The Morgan fingerprint density at radius 1 is 1.28 bits per heavy atom. The van der Waals surface area contributed by atoms with Gasteiger partial charge >= 0.3 is 0 Å². The van der Waals surface area contributed by atoms with Gasteiger partial charge in [-0.1, -0.05) is 12.1 Å². The van der Waals surface area contributed by atoms with E-state index in [2.05, 4.69) is 25.5 Å². The van der Waals surface area contributed by atoms with Crippen LogP contribution < -0.4 is 5.32 Å². The second kappa shape index (κ2) is 8.06. The molecule has 1 saturated heterocycles. The fourth-order valence-corrected chi connectivity index (χ4v) is 3.64. The molecule has 29 heavy (non-hydrogen) atoms. The van der Waals surface area contributed by atoms with Crippen LogP contribution in [0.2, 0.25) is 0 Å². The van der Waals surface area contributed by atoms with Crippen LogP contribution in [-0.4, -0.2) is 50.1 Å². The Bertz CT molecular complexity index is 1030. The molecule has 4 rings (SSSR count). The van der Waals surface area contributed by atoms with Crippen LogP contribution in [0.4, 0.5) is 10.2 Å². The minimum atomic E-state index is -0.300. The Hall–Kier alpha value is -3.80. The number of nitrogens with one attached hydrogen (secondary N) is 2. The monoisotopic (exact) mass is 391 g/mol. The van der Waals surface area contributed by atoms with Crippen molar-refractivity contribution in [3.8, 4) is 6.07 Å². The number of hydrogen-bond acceptors (Lipinski definition) is 6. The number of halogens is 1. The molecule has 1 aliphatic rings. The average molecular weight is 391 g/mol. The minimum Gasteiger partial charge on any atom is -0.363 e. The number of anilines is 1. The highest BCUT2D eigenvalue weighted by Gasteiger charge is 2.33. The van der Waals surface area contributed by atoms with E-state index < -0.39 is 0 Å². The van der Waals surface area contributed by atoms with Crippen LogP contribution in [0.25, 0.3) is 0 Å². The largest absolute Gasteiger partial charge is 0.363 e. The van der Waals surface area contributed by atoms with Gasteiger partial charge < -0.3 is 10.2 Å². The number of aromatic nitrogens is 4. The maximum Gasteiger partial charge on any atom is 0.257 e. The summed E-state index contributed by atoms with van der Waals surface area (Å²) in [5, 5.41) is 19.1. The summed E-state index contributed by atoms with van der Waals surface area (Å²) in [7, 11) is 0. The van der Waals surface area contributed by atoms with Gasteiger partial charge in [-0.25, -0.2) is 14.4 Å². The zero-order valence-corrected chi connectivity index (χ0v) is 15.4. The van der Waals surface area contributed by atoms with E-state index in [9.17, 15) is 14.4 Å². The summed E-state index contributed by atoms with van der Waals surface area (Å²) < 4.78 is 13.4. The standard InChI is InChI=1S/C20H18FN7O/c21-15-3-1-13(2-4-15)16-5-8-28(20(29)14-10-25-26-11-14)12-18(16)27-19-17(9-22)23-6-7-24-19/h1-4,6-7,10-11,16,18H,5,8,12H2,(H,24,27)(H,25,26)/t16-,18+/m0/s1. The number of nitriles is 1. The number of rotatable bonds is 4. The molecule has 1 amide bonds. The lowest BCUT2D eigenvalue weighted by atomic mass is 9.85. The molecule has 0 spiro atoms. The molecule has 1 fully saturated rings. The topological polar surface area (TPSA) is 111 Å². The Labute approximate surface area is 166 Å². The van der Waals surface area contributed by atoms with E-state index in [4.69, 9.17) is 0 Å².